The monoisotopic (exact) mass is 268 g/mol. The molecule has 0 bridgehead atoms. The topological polar surface area (TPSA) is 35.5 Å². The van der Waals surface area contributed by atoms with E-state index in [0.717, 1.165) is 25.2 Å². The Bertz CT molecular complexity index is 597. The van der Waals surface area contributed by atoms with Crippen LogP contribution in [0.1, 0.15) is 24.1 Å². The molecule has 1 aliphatic rings. The molecule has 1 aliphatic heterocycles. The molecule has 3 heteroatoms. The molecule has 1 unspecified atom stereocenters. The molecule has 1 heterocycles. The summed E-state index contributed by atoms with van der Waals surface area (Å²) in [6.45, 7) is 4.94. The first kappa shape index (κ1) is 13.0. The number of hydrogen-bond acceptors (Lipinski definition) is 3. The first-order valence-corrected chi connectivity index (χ1v) is 7.10. The van der Waals surface area contributed by atoms with Crippen molar-refractivity contribution in [2.75, 3.05) is 18.0 Å². The molecule has 0 aliphatic carbocycles. The summed E-state index contributed by atoms with van der Waals surface area (Å²) in [5.74, 6) is 0.370. The number of phenols is 1. The van der Waals surface area contributed by atoms with E-state index in [1.165, 1.54) is 11.3 Å². The van der Waals surface area contributed by atoms with Crippen LogP contribution in [0.4, 0.5) is 5.69 Å². The molecule has 0 saturated carbocycles. The maximum absolute atomic E-state index is 10.1. The summed E-state index contributed by atoms with van der Waals surface area (Å²) in [6, 6.07) is 16.2. The first-order valence-electron chi connectivity index (χ1n) is 7.10. The van der Waals surface area contributed by atoms with Gasteiger partial charge in [0.05, 0.1) is 6.04 Å². The number of nitrogens with one attached hydrogen (secondary N) is 1. The molecule has 0 saturated heterocycles. The van der Waals surface area contributed by atoms with E-state index in [4.69, 9.17) is 0 Å². The zero-order valence-corrected chi connectivity index (χ0v) is 11.7. The van der Waals surface area contributed by atoms with Crippen LogP contribution in [0.3, 0.4) is 0 Å². The second kappa shape index (κ2) is 5.55. The standard InChI is InChI=1S/C17H20N2O/c1-13(15-7-3-5-9-17(15)20)19-11-10-18-12-14-6-2-4-8-16(14)19/h2-9,13,18,20H,10-12H2,1H3. The van der Waals surface area contributed by atoms with Crippen molar-refractivity contribution in [1.29, 1.82) is 0 Å². The molecule has 0 spiro atoms. The lowest BCUT2D eigenvalue weighted by Gasteiger charge is -2.32. The highest BCUT2D eigenvalue weighted by Crippen LogP contribution is 2.33. The maximum Gasteiger partial charge on any atom is 0.120 e. The van der Waals surface area contributed by atoms with E-state index in [0.29, 0.717) is 5.75 Å². The minimum atomic E-state index is 0.150. The van der Waals surface area contributed by atoms with Crippen LogP contribution in [0.15, 0.2) is 48.5 Å². The van der Waals surface area contributed by atoms with Gasteiger partial charge in [0, 0.05) is 30.9 Å². The van der Waals surface area contributed by atoms with E-state index in [2.05, 4.69) is 41.4 Å². The summed E-state index contributed by atoms with van der Waals surface area (Å²) in [6.07, 6.45) is 0. The molecule has 0 radical (unpaired) electrons. The van der Waals surface area contributed by atoms with Gasteiger partial charge in [0.25, 0.3) is 0 Å². The van der Waals surface area contributed by atoms with Crippen LogP contribution in [0.5, 0.6) is 5.75 Å². The Kier molecular flexibility index (Phi) is 3.61. The maximum atomic E-state index is 10.1. The number of rotatable bonds is 2. The summed E-state index contributed by atoms with van der Waals surface area (Å²) in [4.78, 5) is 2.37. The van der Waals surface area contributed by atoms with Crippen molar-refractivity contribution in [2.45, 2.75) is 19.5 Å². The Labute approximate surface area is 119 Å². The van der Waals surface area contributed by atoms with Crippen LogP contribution in [0.2, 0.25) is 0 Å². The summed E-state index contributed by atoms with van der Waals surface area (Å²) in [7, 11) is 0. The van der Waals surface area contributed by atoms with Crippen LogP contribution in [-0.2, 0) is 6.54 Å². The van der Waals surface area contributed by atoms with Crippen LogP contribution < -0.4 is 10.2 Å². The lowest BCUT2D eigenvalue weighted by Crippen LogP contribution is -2.31. The highest BCUT2D eigenvalue weighted by atomic mass is 16.3. The number of anilines is 1. The Morgan fingerprint density at radius 3 is 2.70 bits per heavy atom. The fourth-order valence-corrected chi connectivity index (χ4v) is 2.89. The number of para-hydroxylation sites is 2. The van der Waals surface area contributed by atoms with Gasteiger partial charge in [-0.25, -0.2) is 0 Å². The molecule has 104 valence electrons. The van der Waals surface area contributed by atoms with Gasteiger partial charge in [-0.05, 0) is 24.6 Å². The van der Waals surface area contributed by atoms with Gasteiger partial charge >= 0.3 is 0 Å². The highest BCUT2D eigenvalue weighted by molar-refractivity contribution is 5.56. The quantitative estimate of drug-likeness (QED) is 0.878. The fourth-order valence-electron chi connectivity index (χ4n) is 2.89. The van der Waals surface area contributed by atoms with Gasteiger partial charge in [0.15, 0.2) is 0 Å². The predicted octanol–water partition coefficient (Wildman–Crippen LogP) is 3.06. The van der Waals surface area contributed by atoms with Crippen LogP contribution in [0, 0.1) is 0 Å². The lowest BCUT2D eigenvalue weighted by atomic mass is 10.0. The van der Waals surface area contributed by atoms with Crippen molar-refractivity contribution in [2.24, 2.45) is 0 Å². The molecule has 3 nitrogen and oxygen atoms in total. The third-order valence-corrected chi connectivity index (χ3v) is 4.00. The Hall–Kier alpha value is -2.00. The van der Waals surface area contributed by atoms with Crippen LogP contribution >= 0.6 is 0 Å². The van der Waals surface area contributed by atoms with E-state index < -0.39 is 0 Å². The summed E-state index contributed by atoms with van der Waals surface area (Å²) in [5, 5.41) is 13.5. The molecule has 0 fully saturated rings. The lowest BCUT2D eigenvalue weighted by molar-refractivity contribution is 0.460. The van der Waals surface area contributed by atoms with Gasteiger partial charge in [-0.1, -0.05) is 36.4 Å². The van der Waals surface area contributed by atoms with Crippen molar-refractivity contribution in [3.8, 4) is 5.75 Å². The van der Waals surface area contributed by atoms with E-state index in [1.54, 1.807) is 6.07 Å². The second-order valence-electron chi connectivity index (χ2n) is 5.23. The second-order valence-corrected chi connectivity index (χ2v) is 5.23. The van der Waals surface area contributed by atoms with Crippen molar-refractivity contribution in [1.82, 2.24) is 5.32 Å². The molecule has 20 heavy (non-hydrogen) atoms. The summed E-state index contributed by atoms with van der Waals surface area (Å²) < 4.78 is 0. The normalized spacial score (nSPS) is 16.4. The average molecular weight is 268 g/mol. The molecule has 2 aromatic carbocycles. The Morgan fingerprint density at radius 1 is 1.10 bits per heavy atom. The fraction of sp³-hybridized carbons (Fsp3) is 0.294. The van der Waals surface area contributed by atoms with E-state index >= 15 is 0 Å². The molecular formula is C17H20N2O. The van der Waals surface area contributed by atoms with Crippen molar-refractivity contribution >= 4 is 5.69 Å². The molecule has 0 aromatic heterocycles. The van der Waals surface area contributed by atoms with Gasteiger partial charge in [-0.2, -0.15) is 0 Å². The Morgan fingerprint density at radius 2 is 1.85 bits per heavy atom. The third-order valence-electron chi connectivity index (χ3n) is 4.00. The number of nitrogens with zero attached hydrogens (tertiary/aromatic N) is 1. The SMILES string of the molecule is CC(c1ccccc1O)N1CCNCc2ccccc21. The summed E-state index contributed by atoms with van der Waals surface area (Å²) in [5.41, 5.74) is 3.55. The van der Waals surface area contributed by atoms with Gasteiger partial charge in [-0.15, -0.1) is 0 Å². The smallest absolute Gasteiger partial charge is 0.120 e. The van der Waals surface area contributed by atoms with E-state index in [9.17, 15) is 5.11 Å². The minimum Gasteiger partial charge on any atom is -0.508 e. The largest absolute Gasteiger partial charge is 0.508 e. The van der Waals surface area contributed by atoms with E-state index in [-0.39, 0.29) is 6.04 Å². The average Bonchev–Trinajstić information content (AvgIpc) is 2.69. The van der Waals surface area contributed by atoms with Crippen molar-refractivity contribution < 1.29 is 5.11 Å². The van der Waals surface area contributed by atoms with Gasteiger partial charge in [0.1, 0.15) is 5.75 Å². The number of aromatic hydroxyl groups is 1. The summed E-state index contributed by atoms with van der Waals surface area (Å²) >= 11 is 0. The highest BCUT2D eigenvalue weighted by Gasteiger charge is 2.22. The zero-order valence-electron chi connectivity index (χ0n) is 11.7. The number of hydrogen-bond donors (Lipinski definition) is 2. The third kappa shape index (κ3) is 2.37. The molecule has 2 aromatic rings. The van der Waals surface area contributed by atoms with Crippen LogP contribution in [0.25, 0.3) is 0 Å². The number of phenolic OH excluding ortho intramolecular Hbond substituents is 1. The first-order chi connectivity index (χ1) is 9.77. The van der Waals surface area contributed by atoms with Gasteiger partial charge < -0.3 is 15.3 Å². The van der Waals surface area contributed by atoms with Gasteiger partial charge in [-0.3, -0.25) is 0 Å². The van der Waals surface area contributed by atoms with Gasteiger partial charge in [0.2, 0.25) is 0 Å². The zero-order chi connectivity index (χ0) is 13.9. The molecule has 1 atom stereocenters. The molecular weight excluding hydrogens is 248 g/mol. The number of fused-ring (bicyclic) bond motifs is 1. The predicted molar refractivity (Wildman–Crippen MR) is 82.0 cm³/mol. The van der Waals surface area contributed by atoms with E-state index in [1.807, 2.05) is 18.2 Å². The minimum absolute atomic E-state index is 0.150. The Balaban J connectivity index is 1.99. The van der Waals surface area contributed by atoms with Crippen molar-refractivity contribution in [3.63, 3.8) is 0 Å². The molecule has 3 rings (SSSR count). The number of benzene rings is 2. The van der Waals surface area contributed by atoms with Crippen molar-refractivity contribution in [3.05, 3.63) is 59.7 Å². The molecule has 2 N–H and O–H groups in total. The van der Waals surface area contributed by atoms with Crippen LogP contribution in [-0.4, -0.2) is 18.2 Å². The molecule has 0 amide bonds.